The van der Waals surface area contributed by atoms with Crippen molar-refractivity contribution in [2.24, 2.45) is 35.5 Å². The first-order chi connectivity index (χ1) is 17.7. The van der Waals surface area contributed by atoms with Gasteiger partial charge in [0.1, 0.15) is 0 Å². The summed E-state index contributed by atoms with van der Waals surface area (Å²) in [6, 6.07) is 0. The molecular weight excluding hydrogens is 460 g/mol. The van der Waals surface area contributed by atoms with Gasteiger partial charge in [0.15, 0.2) is 0 Å². The summed E-state index contributed by atoms with van der Waals surface area (Å²) in [7, 11) is 0. The Labute approximate surface area is 215 Å². The van der Waals surface area contributed by atoms with E-state index in [1.807, 2.05) is 0 Å². The van der Waals surface area contributed by atoms with Gasteiger partial charge in [-0.2, -0.15) is 0 Å². The van der Waals surface area contributed by atoms with Gasteiger partial charge in [-0.15, -0.1) is 11.8 Å². The number of amides is 2. The number of rotatable bonds is 13. The zero-order valence-corrected chi connectivity index (χ0v) is 21.4. The molecule has 2 amide bonds. The van der Waals surface area contributed by atoms with Crippen LogP contribution in [0.15, 0.2) is 12.2 Å². The number of ether oxygens (including phenoxy) is 4. The second kappa shape index (κ2) is 14.5. The quantitative estimate of drug-likeness (QED) is 0.225. The van der Waals surface area contributed by atoms with E-state index >= 15 is 0 Å². The van der Waals surface area contributed by atoms with E-state index in [0.717, 1.165) is 50.4 Å². The minimum Gasteiger partial charge on any atom is -0.449 e. The van der Waals surface area contributed by atoms with Gasteiger partial charge in [-0.05, 0) is 74.0 Å². The summed E-state index contributed by atoms with van der Waals surface area (Å²) >= 11 is 0. The second-order valence-electron chi connectivity index (χ2n) is 10.3. The van der Waals surface area contributed by atoms with Crippen LogP contribution >= 0.6 is 0 Å². The third kappa shape index (κ3) is 8.70. The summed E-state index contributed by atoms with van der Waals surface area (Å²) in [4.78, 5) is 23.8. The molecule has 0 bridgehead atoms. The van der Waals surface area contributed by atoms with Gasteiger partial charge in [0.25, 0.3) is 0 Å². The number of carbonyl (C=O) groups is 2. The molecule has 0 radical (unpaired) electrons. The molecule has 4 aliphatic rings. The molecule has 0 aromatic carbocycles. The van der Waals surface area contributed by atoms with Crippen LogP contribution in [0.3, 0.4) is 0 Å². The Morgan fingerprint density at radius 3 is 1.58 bits per heavy atom. The lowest BCUT2D eigenvalue weighted by molar-refractivity contribution is 0.0485. The SMILES string of the molecule is O=C(NCCOCCOCCNC(=O)OCC1[C@H]2CC/C=C\CC[C@@H]12)OCC1[C@H]2CCC#CCC[C@@H]12. The van der Waals surface area contributed by atoms with Crippen LogP contribution in [0, 0.1) is 47.3 Å². The zero-order chi connectivity index (χ0) is 25.0. The largest absolute Gasteiger partial charge is 0.449 e. The van der Waals surface area contributed by atoms with Crippen LogP contribution in [-0.2, 0) is 18.9 Å². The maximum atomic E-state index is 11.9. The molecule has 2 saturated carbocycles. The molecule has 36 heavy (non-hydrogen) atoms. The number of carbonyl (C=O) groups excluding carboxylic acids is 2. The lowest BCUT2D eigenvalue weighted by Crippen LogP contribution is -2.30. The maximum Gasteiger partial charge on any atom is 0.407 e. The van der Waals surface area contributed by atoms with Crippen LogP contribution in [-0.4, -0.2) is 64.9 Å². The van der Waals surface area contributed by atoms with Gasteiger partial charge in [0, 0.05) is 25.9 Å². The highest BCUT2D eigenvalue weighted by atomic mass is 16.6. The third-order valence-corrected chi connectivity index (χ3v) is 8.07. The smallest absolute Gasteiger partial charge is 0.407 e. The Hall–Kier alpha value is -2.24. The molecule has 0 saturated heterocycles. The number of allylic oxidation sites excluding steroid dienone is 2. The van der Waals surface area contributed by atoms with Gasteiger partial charge in [-0.1, -0.05) is 12.2 Å². The summed E-state index contributed by atoms with van der Waals surface area (Å²) in [5, 5.41) is 5.46. The first-order valence-electron chi connectivity index (χ1n) is 13.8. The van der Waals surface area contributed by atoms with E-state index in [0.29, 0.717) is 76.4 Å². The van der Waals surface area contributed by atoms with Gasteiger partial charge in [0.2, 0.25) is 0 Å². The van der Waals surface area contributed by atoms with Crippen molar-refractivity contribution in [1.29, 1.82) is 0 Å². The van der Waals surface area contributed by atoms with Crippen molar-refractivity contribution >= 4 is 12.2 Å². The monoisotopic (exact) mass is 502 g/mol. The Balaban J connectivity index is 0.896. The summed E-state index contributed by atoms with van der Waals surface area (Å²) in [5.74, 6) is 10.2. The molecule has 200 valence electrons. The minimum absolute atomic E-state index is 0.370. The van der Waals surface area contributed by atoms with E-state index in [9.17, 15) is 9.59 Å². The highest BCUT2D eigenvalue weighted by Gasteiger charge is 2.50. The molecule has 0 heterocycles. The fourth-order valence-electron chi connectivity index (χ4n) is 5.94. The number of nitrogens with one attached hydrogen (secondary N) is 2. The van der Waals surface area contributed by atoms with Crippen LogP contribution < -0.4 is 10.6 Å². The number of hydrogen-bond acceptors (Lipinski definition) is 6. The van der Waals surface area contributed by atoms with E-state index < -0.39 is 0 Å². The Morgan fingerprint density at radius 2 is 1.11 bits per heavy atom. The molecule has 0 aromatic rings. The van der Waals surface area contributed by atoms with E-state index in [-0.39, 0.29) is 12.2 Å². The number of hydrogen-bond donors (Lipinski definition) is 2. The van der Waals surface area contributed by atoms with E-state index in [2.05, 4.69) is 34.6 Å². The number of alkyl carbamates (subject to hydrolysis) is 2. The number of fused-ring (bicyclic) bond motifs is 2. The summed E-state index contributed by atoms with van der Waals surface area (Å²) in [5.41, 5.74) is 0. The molecule has 4 aliphatic carbocycles. The van der Waals surface area contributed by atoms with Crippen molar-refractivity contribution in [3.05, 3.63) is 12.2 Å². The average Bonchev–Trinajstić information content (AvgIpc) is 3.70. The maximum absolute atomic E-state index is 11.9. The van der Waals surface area contributed by atoms with Crippen molar-refractivity contribution in [2.75, 3.05) is 52.7 Å². The van der Waals surface area contributed by atoms with Crippen LogP contribution in [0.4, 0.5) is 9.59 Å². The molecule has 0 aliphatic heterocycles. The van der Waals surface area contributed by atoms with Crippen molar-refractivity contribution in [3.8, 4) is 11.8 Å². The Kier molecular flexibility index (Phi) is 10.8. The van der Waals surface area contributed by atoms with Crippen LogP contribution in [0.5, 0.6) is 0 Å². The van der Waals surface area contributed by atoms with Crippen molar-refractivity contribution in [3.63, 3.8) is 0 Å². The zero-order valence-electron chi connectivity index (χ0n) is 21.4. The van der Waals surface area contributed by atoms with Crippen LogP contribution in [0.25, 0.3) is 0 Å². The molecule has 2 fully saturated rings. The van der Waals surface area contributed by atoms with Gasteiger partial charge in [0.05, 0.1) is 39.6 Å². The van der Waals surface area contributed by atoms with Crippen molar-refractivity contribution in [1.82, 2.24) is 10.6 Å². The van der Waals surface area contributed by atoms with E-state index in [1.165, 1.54) is 12.8 Å². The van der Waals surface area contributed by atoms with Gasteiger partial charge < -0.3 is 29.6 Å². The summed E-state index contributed by atoms with van der Waals surface area (Å²) in [6.45, 7) is 3.47. The van der Waals surface area contributed by atoms with Crippen molar-refractivity contribution < 1.29 is 28.5 Å². The Bertz CT molecular complexity index is 746. The Morgan fingerprint density at radius 1 is 0.667 bits per heavy atom. The minimum atomic E-state index is -0.383. The standard InChI is InChI=1S/C28H42N2O6/c31-27(35-19-25-21-9-5-1-2-6-10-22(21)25)29-13-15-33-17-18-34-16-14-30-28(32)36-20-26-23-11-7-3-4-8-12-24(23)26/h1-2,21-26H,5-20H2,(H,29,31)(H,30,32)/b2-1-/t21-,22+,23-,24+,25?,26?. The molecule has 4 rings (SSSR count). The van der Waals surface area contributed by atoms with E-state index in [1.54, 1.807) is 0 Å². The molecule has 0 aromatic heterocycles. The van der Waals surface area contributed by atoms with Crippen LogP contribution in [0.1, 0.15) is 51.4 Å². The lowest BCUT2D eigenvalue weighted by Gasteiger charge is -2.09. The van der Waals surface area contributed by atoms with Crippen molar-refractivity contribution in [2.45, 2.75) is 51.4 Å². The fourth-order valence-corrected chi connectivity index (χ4v) is 5.94. The summed E-state index contributed by atoms with van der Waals surface area (Å²) < 4.78 is 21.7. The molecule has 0 spiro atoms. The fraction of sp³-hybridized carbons (Fsp3) is 0.786. The molecule has 2 N–H and O–H groups in total. The first kappa shape index (κ1) is 26.8. The molecule has 8 heteroatoms. The van der Waals surface area contributed by atoms with Gasteiger partial charge >= 0.3 is 12.2 Å². The predicted octanol–water partition coefficient (Wildman–Crippen LogP) is 3.90. The van der Waals surface area contributed by atoms with Gasteiger partial charge in [-0.3, -0.25) is 0 Å². The van der Waals surface area contributed by atoms with Crippen LogP contribution in [0.2, 0.25) is 0 Å². The highest BCUT2D eigenvalue weighted by molar-refractivity contribution is 5.67. The average molecular weight is 503 g/mol. The normalized spacial score (nSPS) is 30.9. The molecular formula is C28H42N2O6. The molecule has 6 atom stereocenters. The topological polar surface area (TPSA) is 95.1 Å². The second-order valence-corrected chi connectivity index (χ2v) is 10.3. The predicted molar refractivity (Wildman–Crippen MR) is 135 cm³/mol. The third-order valence-electron chi connectivity index (χ3n) is 8.07. The van der Waals surface area contributed by atoms with E-state index in [4.69, 9.17) is 18.9 Å². The first-order valence-corrected chi connectivity index (χ1v) is 13.8. The molecule has 2 unspecified atom stereocenters. The highest BCUT2D eigenvalue weighted by Crippen LogP contribution is 2.53. The summed E-state index contributed by atoms with van der Waals surface area (Å²) in [6.07, 6.45) is 12.7. The lowest BCUT2D eigenvalue weighted by atomic mass is 10.1. The molecule has 8 nitrogen and oxygen atoms in total. The van der Waals surface area contributed by atoms with Gasteiger partial charge in [-0.25, -0.2) is 9.59 Å².